The second-order valence-corrected chi connectivity index (χ2v) is 10.2. The van der Waals surface area contributed by atoms with E-state index in [1.165, 1.54) is 23.9 Å². The fourth-order valence-electron chi connectivity index (χ4n) is 4.15. The molecule has 1 aliphatic heterocycles. The van der Waals surface area contributed by atoms with Crippen molar-refractivity contribution in [1.29, 1.82) is 0 Å². The number of nitrogens with zero attached hydrogens (tertiary/aromatic N) is 3. The maximum absolute atomic E-state index is 13.6. The van der Waals surface area contributed by atoms with Crippen molar-refractivity contribution in [2.24, 2.45) is 0 Å². The Morgan fingerprint density at radius 2 is 1.74 bits per heavy atom. The van der Waals surface area contributed by atoms with Crippen molar-refractivity contribution in [3.63, 3.8) is 0 Å². The lowest BCUT2D eigenvalue weighted by atomic mass is 10.1. The third-order valence-electron chi connectivity index (χ3n) is 6.11. The van der Waals surface area contributed by atoms with Crippen molar-refractivity contribution in [3.8, 4) is 28.4 Å². The van der Waals surface area contributed by atoms with E-state index in [0.717, 1.165) is 22.4 Å². The second kappa shape index (κ2) is 11.2. The molecule has 0 atom stereocenters. The minimum absolute atomic E-state index is 0.155. The number of hydrogen-bond donors (Lipinski definition) is 0. The van der Waals surface area contributed by atoms with Crippen LogP contribution in [0.1, 0.15) is 11.1 Å². The molecule has 0 radical (unpaired) electrons. The molecular weight excluding hydrogens is 521 g/mol. The molecule has 5 rings (SSSR count). The average molecular weight is 546 g/mol. The number of aromatic nitrogens is 2. The van der Waals surface area contributed by atoms with Crippen LogP contribution in [-0.2, 0) is 11.2 Å². The number of rotatable bonds is 8. The summed E-state index contributed by atoms with van der Waals surface area (Å²) in [6, 6.07) is 21.5. The zero-order chi connectivity index (χ0) is 26.6. The van der Waals surface area contributed by atoms with E-state index in [9.17, 15) is 9.18 Å². The molecule has 1 fully saturated rings. The van der Waals surface area contributed by atoms with Crippen molar-refractivity contribution < 1.29 is 18.7 Å². The summed E-state index contributed by atoms with van der Waals surface area (Å²) in [6.07, 6.45) is 4.28. The zero-order valence-electron chi connectivity index (χ0n) is 20.8. The van der Waals surface area contributed by atoms with Gasteiger partial charge in [0.1, 0.15) is 10.1 Å². The summed E-state index contributed by atoms with van der Waals surface area (Å²) in [4.78, 5) is 15.5. The van der Waals surface area contributed by atoms with Crippen LogP contribution in [0.3, 0.4) is 0 Å². The lowest BCUT2D eigenvalue weighted by Gasteiger charge is -2.15. The van der Waals surface area contributed by atoms with Crippen LogP contribution >= 0.6 is 24.0 Å². The number of hydrogen-bond acceptors (Lipinski definition) is 6. The number of ether oxygens (including phenoxy) is 2. The van der Waals surface area contributed by atoms with E-state index >= 15 is 0 Å². The monoisotopic (exact) mass is 545 g/mol. The van der Waals surface area contributed by atoms with Crippen LogP contribution in [-0.4, -0.2) is 45.7 Å². The molecule has 1 saturated heterocycles. The number of thiocarbonyl (C=S) groups is 1. The Balaban J connectivity index is 1.42. The highest BCUT2D eigenvalue weighted by Gasteiger charge is 2.32. The summed E-state index contributed by atoms with van der Waals surface area (Å²) in [5.74, 6) is 0.808. The predicted octanol–water partition coefficient (Wildman–Crippen LogP) is 6.14. The molecule has 0 spiro atoms. The molecule has 4 aromatic rings. The number of para-hydroxylation sites is 1. The first-order valence-corrected chi connectivity index (χ1v) is 13.1. The molecular formula is C29H24FN3O3S2. The molecule has 9 heteroatoms. The summed E-state index contributed by atoms with van der Waals surface area (Å²) in [5, 5.41) is 4.75. The molecule has 1 amide bonds. The summed E-state index contributed by atoms with van der Waals surface area (Å²) in [7, 11) is 3.18. The number of benzene rings is 3. The number of carbonyl (C=O) groups is 1. The molecule has 1 aliphatic rings. The maximum atomic E-state index is 13.6. The Labute approximate surface area is 229 Å². The van der Waals surface area contributed by atoms with E-state index in [1.54, 1.807) is 42.0 Å². The van der Waals surface area contributed by atoms with Gasteiger partial charge in [0.05, 0.1) is 30.5 Å². The van der Waals surface area contributed by atoms with Gasteiger partial charge in [-0.1, -0.05) is 48.2 Å². The Morgan fingerprint density at radius 1 is 1.00 bits per heavy atom. The highest BCUT2D eigenvalue weighted by molar-refractivity contribution is 8.26. The third-order valence-corrected chi connectivity index (χ3v) is 7.49. The molecule has 0 aliphatic carbocycles. The molecule has 0 N–H and O–H groups in total. The minimum Gasteiger partial charge on any atom is -0.493 e. The van der Waals surface area contributed by atoms with Crippen LogP contribution in [0.2, 0.25) is 0 Å². The van der Waals surface area contributed by atoms with E-state index in [0.29, 0.717) is 39.4 Å². The van der Waals surface area contributed by atoms with E-state index < -0.39 is 0 Å². The molecule has 0 bridgehead atoms. The van der Waals surface area contributed by atoms with Gasteiger partial charge in [-0.25, -0.2) is 9.07 Å². The molecule has 6 nitrogen and oxygen atoms in total. The van der Waals surface area contributed by atoms with Crippen molar-refractivity contribution in [2.45, 2.75) is 6.42 Å². The van der Waals surface area contributed by atoms with Gasteiger partial charge in [-0.3, -0.25) is 9.69 Å². The Kier molecular flexibility index (Phi) is 7.57. The predicted molar refractivity (Wildman–Crippen MR) is 152 cm³/mol. The third kappa shape index (κ3) is 5.34. The van der Waals surface area contributed by atoms with E-state index in [4.69, 9.17) is 26.8 Å². The van der Waals surface area contributed by atoms with Crippen LogP contribution in [0.25, 0.3) is 23.0 Å². The van der Waals surface area contributed by atoms with Crippen LogP contribution < -0.4 is 9.47 Å². The quantitative estimate of drug-likeness (QED) is 0.196. The first-order valence-electron chi connectivity index (χ1n) is 11.8. The summed E-state index contributed by atoms with van der Waals surface area (Å²) in [5.41, 5.74) is 4.00. The summed E-state index contributed by atoms with van der Waals surface area (Å²) < 4.78 is 26.5. The second-order valence-electron chi connectivity index (χ2n) is 8.49. The minimum atomic E-state index is -0.326. The van der Waals surface area contributed by atoms with Gasteiger partial charge in [0, 0.05) is 23.9 Å². The Morgan fingerprint density at radius 3 is 2.45 bits per heavy atom. The van der Waals surface area contributed by atoms with E-state index in [1.807, 2.05) is 54.7 Å². The van der Waals surface area contributed by atoms with Crippen LogP contribution in [0.4, 0.5) is 4.39 Å². The largest absolute Gasteiger partial charge is 0.493 e. The van der Waals surface area contributed by atoms with E-state index in [-0.39, 0.29) is 11.7 Å². The Hall–Kier alpha value is -3.95. The highest BCUT2D eigenvalue weighted by Crippen LogP contribution is 2.35. The van der Waals surface area contributed by atoms with Gasteiger partial charge < -0.3 is 9.47 Å². The van der Waals surface area contributed by atoms with Crippen LogP contribution in [0.15, 0.2) is 83.9 Å². The lowest BCUT2D eigenvalue weighted by Crippen LogP contribution is -2.30. The molecule has 0 unspecified atom stereocenters. The lowest BCUT2D eigenvalue weighted by molar-refractivity contribution is -0.122. The van der Waals surface area contributed by atoms with Crippen molar-refractivity contribution in [2.75, 3.05) is 20.8 Å². The van der Waals surface area contributed by atoms with Gasteiger partial charge in [0.2, 0.25) is 0 Å². The standard InChI is InChI=1S/C29H24FN3O3S2/c1-35-24-13-8-19(16-25(24)36-2)14-15-32-28(34)26(38-29(32)37)17-21-18-33(23-6-4-3-5-7-23)31-27(21)20-9-11-22(30)12-10-20/h3-13,16-18H,14-15H2,1-2H3/b26-17-. The van der Waals surface area contributed by atoms with Gasteiger partial charge in [-0.15, -0.1) is 0 Å². The zero-order valence-corrected chi connectivity index (χ0v) is 22.4. The molecule has 38 heavy (non-hydrogen) atoms. The molecule has 0 saturated carbocycles. The van der Waals surface area contributed by atoms with Gasteiger partial charge >= 0.3 is 0 Å². The van der Waals surface area contributed by atoms with E-state index in [2.05, 4.69) is 0 Å². The van der Waals surface area contributed by atoms with Gasteiger partial charge in [0.15, 0.2) is 11.5 Å². The summed E-state index contributed by atoms with van der Waals surface area (Å²) >= 11 is 6.82. The first-order chi connectivity index (χ1) is 18.5. The first kappa shape index (κ1) is 25.7. The summed E-state index contributed by atoms with van der Waals surface area (Å²) in [6.45, 7) is 0.436. The molecule has 1 aromatic heterocycles. The number of amides is 1. The fraction of sp³-hybridized carbons (Fsp3) is 0.138. The SMILES string of the molecule is COc1ccc(CCN2C(=O)/C(=C/c3cn(-c4ccccc4)nc3-c3ccc(F)cc3)SC2=S)cc1OC. The maximum Gasteiger partial charge on any atom is 0.266 e. The topological polar surface area (TPSA) is 56.6 Å². The molecule has 3 aromatic carbocycles. The van der Waals surface area contributed by atoms with Crippen molar-refractivity contribution >= 4 is 40.3 Å². The van der Waals surface area contributed by atoms with Gasteiger partial charge in [0.25, 0.3) is 5.91 Å². The number of methoxy groups -OCH3 is 2. The molecule has 2 heterocycles. The van der Waals surface area contributed by atoms with Gasteiger partial charge in [-0.2, -0.15) is 5.10 Å². The highest BCUT2D eigenvalue weighted by atomic mass is 32.2. The fourth-order valence-corrected chi connectivity index (χ4v) is 5.45. The smallest absolute Gasteiger partial charge is 0.266 e. The van der Waals surface area contributed by atoms with Gasteiger partial charge in [-0.05, 0) is 66.6 Å². The van der Waals surface area contributed by atoms with Crippen LogP contribution in [0.5, 0.6) is 11.5 Å². The van der Waals surface area contributed by atoms with Crippen molar-refractivity contribution in [1.82, 2.24) is 14.7 Å². The molecule has 192 valence electrons. The average Bonchev–Trinajstić information content (AvgIpc) is 3.48. The Bertz CT molecular complexity index is 1520. The number of thioether (sulfide) groups is 1. The number of carbonyl (C=O) groups excluding carboxylic acids is 1. The number of halogens is 1. The van der Waals surface area contributed by atoms with Crippen LogP contribution in [0, 0.1) is 5.82 Å². The normalized spacial score (nSPS) is 14.4. The van der Waals surface area contributed by atoms with Crippen molar-refractivity contribution in [3.05, 3.63) is 101 Å².